The SMILES string of the molecule is C.C[C@]12CCCC[C@@]1(O)CC(=O)CC2. The van der Waals surface area contributed by atoms with Crippen LogP contribution in [-0.2, 0) is 4.79 Å². The van der Waals surface area contributed by atoms with Crippen molar-refractivity contribution in [2.75, 3.05) is 0 Å². The van der Waals surface area contributed by atoms with Crippen LogP contribution in [0.5, 0.6) is 0 Å². The van der Waals surface area contributed by atoms with E-state index in [1.807, 2.05) is 0 Å². The first-order chi connectivity index (χ1) is 6.06. The van der Waals surface area contributed by atoms with Crippen LogP contribution in [0.2, 0.25) is 0 Å². The minimum Gasteiger partial charge on any atom is -0.389 e. The summed E-state index contributed by atoms with van der Waals surface area (Å²) in [6.07, 6.45) is 6.20. The summed E-state index contributed by atoms with van der Waals surface area (Å²) >= 11 is 0. The first kappa shape index (κ1) is 11.7. The predicted molar refractivity (Wildman–Crippen MR) is 57.1 cm³/mol. The van der Waals surface area contributed by atoms with Crippen molar-refractivity contribution in [3.63, 3.8) is 0 Å². The maximum absolute atomic E-state index is 11.3. The Balaban J connectivity index is 0.000000980. The largest absolute Gasteiger partial charge is 0.389 e. The lowest BCUT2D eigenvalue weighted by atomic mass is 9.57. The summed E-state index contributed by atoms with van der Waals surface area (Å²) in [7, 11) is 0. The zero-order valence-electron chi connectivity index (χ0n) is 8.31. The highest BCUT2D eigenvalue weighted by Gasteiger charge is 2.51. The number of hydrogen-bond acceptors (Lipinski definition) is 2. The van der Waals surface area contributed by atoms with E-state index < -0.39 is 5.60 Å². The Bertz CT molecular complexity index is 236. The lowest BCUT2D eigenvalue weighted by molar-refractivity contribution is -0.155. The van der Waals surface area contributed by atoms with Gasteiger partial charge in [-0.2, -0.15) is 0 Å². The highest BCUT2D eigenvalue weighted by molar-refractivity contribution is 5.80. The maximum atomic E-state index is 11.3. The number of carbonyl (C=O) groups excluding carboxylic acids is 1. The van der Waals surface area contributed by atoms with E-state index >= 15 is 0 Å². The molecule has 2 aliphatic carbocycles. The Morgan fingerprint density at radius 3 is 2.57 bits per heavy atom. The summed E-state index contributed by atoms with van der Waals surface area (Å²) in [4.78, 5) is 11.3. The first-order valence-corrected chi connectivity index (χ1v) is 5.30. The van der Waals surface area contributed by atoms with Gasteiger partial charge in [-0.15, -0.1) is 0 Å². The average molecular weight is 198 g/mol. The molecule has 2 heteroatoms. The van der Waals surface area contributed by atoms with Gasteiger partial charge in [0.25, 0.3) is 0 Å². The zero-order chi connectivity index (χ0) is 9.53. The number of carbonyl (C=O) groups is 1. The smallest absolute Gasteiger partial charge is 0.135 e. The molecule has 0 saturated heterocycles. The molecule has 0 aliphatic heterocycles. The molecule has 0 spiro atoms. The Kier molecular flexibility index (Phi) is 3.05. The fourth-order valence-electron chi connectivity index (χ4n) is 2.96. The number of fused-ring (bicyclic) bond motifs is 1. The number of Topliss-reactive ketones (excluding diaryl/α,β-unsaturated/α-hetero) is 1. The molecule has 14 heavy (non-hydrogen) atoms. The van der Waals surface area contributed by atoms with E-state index in [0.717, 1.165) is 25.7 Å². The van der Waals surface area contributed by atoms with Gasteiger partial charge in [-0.25, -0.2) is 0 Å². The van der Waals surface area contributed by atoms with Crippen LogP contribution < -0.4 is 0 Å². The molecule has 0 aromatic heterocycles. The monoisotopic (exact) mass is 198 g/mol. The molecule has 0 aromatic rings. The third kappa shape index (κ3) is 1.60. The Morgan fingerprint density at radius 1 is 1.21 bits per heavy atom. The number of ketones is 1. The second-order valence-electron chi connectivity index (χ2n) is 5.01. The summed E-state index contributed by atoms with van der Waals surface area (Å²) in [6.45, 7) is 2.15. The predicted octanol–water partition coefficient (Wildman–Crippen LogP) is 2.69. The molecule has 0 heterocycles. The normalized spacial score (nSPS) is 42.6. The van der Waals surface area contributed by atoms with E-state index in [-0.39, 0.29) is 18.6 Å². The van der Waals surface area contributed by atoms with Gasteiger partial charge in [0, 0.05) is 12.8 Å². The van der Waals surface area contributed by atoms with Gasteiger partial charge >= 0.3 is 0 Å². The van der Waals surface area contributed by atoms with Crippen LogP contribution in [0.25, 0.3) is 0 Å². The average Bonchev–Trinajstić information content (AvgIpc) is 2.07. The molecule has 2 rings (SSSR count). The van der Waals surface area contributed by atoms with Crippen molar-refractivity contribution >= 4 is 5.78 Å². The highest BCUT2D eigenvalue weighted by atomic mass is 16.3. The Morgan fingerprint density at radius 2 is 1.86 bits per heavy atom. The van der Waals surface area contributed by atoms with Gasteiger partial charge in [-0.05, 0) is 24.7 Å². The standard InChI is InChI=1S/C11H18O2.CH4/c1-10-5-2-3-6-11(10,13)8-9(12)4-7-10;/h13H,2-8H2,1H3;1H4/t10-,11-;/m1./s1. The second kappa shape index (κ2) is 3.65. The van der Waals surface area contributed by atoms with Gasteiger partial charge in [0.05, 0.1) is 5.60 Å². The number of hydrogen-bond donors (Lipinski definition) is 1. The van der Waals surface area contributed by atoms with Crippen LogP contribution in [0.3, 0.4) is 0 Å². The topological polar surface area (TPSA) is 37.3 Å². The molecule has 2 aliphatic rings. The lowest BCUT2D eigenvalue weighted by Gasteiger charge is -2.51. The molecule has 0 radical (unpaired) electrons. The minimum atomic E-state index is -0.666. The zero-order valence-corrected chi connectivity index (χ0v) is 8.31. The second-order valence-corrected chi connectivity index (χ2v) is 5.01. The molecule has 82 valence electrons. The maximum Gasteiger partial charge on any atom is 0.135 e. The molecule has 0 aromatic carbocycles. The quantitative estimate of drug-likeness (QED) is 0.649. The lowest BCUT2D eigenvalue weighted by Crippen LogP contribution is -2.53. The van der Waals surface area contributed by atoms with Gasteiger partial charge in [0.15, 0.2) is 0 Å². The fourth-order valence-corrected chi connectivity index (χ4v) is 2.96. The van der Waals surface area contributed by atoms with Gasteiger partial charge < -0.3 is 5.11 Å². The third-order valence-corrected chi connectivity index (χ3v) is 4.14. The van der Waals surface area contributed by atoms with Gasteiger partial charge in [0.1, 0.15) is 5.78 Å². The van der Waals surface area contributed by atoms with Crippen molar-refractivity contribution < 1.29 is 9.90 Å². The Hall–Kier alpha value is -0.370. The van der Waals surface area contributed by atoms with E-state index in [4.69, 9.17) is 0 Å². The molecule has 2 atom stereocenters. The van der Waals surface area contributed by atoms with Crippen molar-refractivity contribution in [2.24, 2.45) is 5.41 Å². The van der Waals surface area contributed by atoms with Gasteiger partial charge in [-0.3, -0.25) is 4.79 Å². The van der Waals surface area contributed by atoms with Crippen molar-refractivity contribution in [1.82, 2.24) is 0 Å². The molecule has 0 bridgehead atoms. The van der Waals surface area contributed by atoms with Crippen molar-refractivity contribution in [2.45, 2.75) is 64.9 Å². The van der Waals surface area contributed by atoms with Crippen molar-refractivity contribution in [3.8, 4) is 0 Å². The van der Waals surface area contributed by atoms with E-state index in [2.05, 4.69) is 6.92 Å². The molecule has 1 N–H and O–H groups in total. The molecule has 0 unspecified atom stereocenters. The van der Waals surface area contributed by atoms with Gasteiger partial charge in [-0.1, -0.05) is 27.2 Å². The van der Waals surface area contributed by atoms with E-state index in [1.165, 1.54) is 6.42 Å². The first-order valence-electron chi connectivity index (χ1n) is 5.30. The van der Waals surface area contributed by atoms with Crippen molar-refractivity contribution in [1.29, 1.82) is 0 Å². The van der Waals surface area contributed by atoms with Crippen LogP contribution in [0.1, 0.15) is 59.3 Å². The Labute approximate surface area is 86.7 Å². The van der Waals surface area contributed by atoms with Gasteiger partial charge in [0.2, 0.25) is 0 Å². The van der Waals surface area contributed by atoms with Crippen LogP contribution in [0.4, 0.5) is 0 Å². The number of aliphatic hydroxyl groups is 1. The van der Waals surface area contributed by atoms with Crippen LogP contribution in [0.15, 0.2) is 0 Å². The number of rotatable bonds is 0. The van der Waals surface area contributed by atoms with E-state index in [0.29, 0.717) is 12.8 Å². The fraction of sp³-hybridized carbons (Fsp3) is 0.917. The summed E-state index contributed by atoms with van der Waals surface area (Å²) in [5.41, 5.74) is -0.639. The molecule has 2 saturated carbocycles. The summed E-state index contributed by atoms with van der Waals surface area (Å²) in [6, 6.07) is 0. The van der Waals surface area contributed by atoms with Crippen LogP contribution in [0, 0.1) is 5.41 Å². The molecule has 2 fully saturated rings. The molecular formula is C12H22O2. The van der Waals surface area contributed by atoms with Crippen molar-refractivity contribution in [3.05, 3.63) is 0 Å². The minimum absolute atomic E-state index is 0. The van der Waals surface area contributed by atoms with Crippen LogP contribution >= 0.6 is 0 Å². The third-order valence-electron chi connectivity index (χ3n) is 4.14. The molecule has 0 amide bonds. The summed E-state index contributed by atoms with van der Waals surface area (Å²) in [5.74, 6) is 0.252. The highest BCUT2D eigenvalue weighted by Crippen LogP contribution is 2.51. The molecular weight excluding hydrogens is 176 g/mol. The molecule has 2 nitrogen and oxygen atoms in total. The van der Waals surface area contributed by atoms with E-state index in [1.54, 1.807) is 0 Å². The summed E-state index contributed by atoms with van der Waals surface area (Å²) in [5, 5.41) is 10.4. The van der Waals surface area contributed by atoms with E-state index in [9.17, 15) is 9.90 Å². The summed E-state index contributed by atoms with van der Waals surface area (Å²) < 4.78 is 0. The van der Waals surface area contributed by atoms with Crippen LogP contribution in [-0.4, -0.2) is 16.5 Å².